The van der Waals surface area contributed by atoms with E-state index in [-0.39, 0.29) is 74.2 Å². The molecule has 0 amide bonds. The number of ether oxygens (including phenoxy) is 2. The molecule has 408 valence electrons. The van der Waals surface area contributed by atoms with E-state index >= 15 is 0 Å². The Morgan fingerprint density at radius 3 is 2.14 bits per heavy atom. The van der Waals surface area contributed by atoms with Gasteiger partial charge in [0.15, 0.2) is 11.5 Å². The maximum Gasteiger partial charge on any atom is 0.165 e. The van der Waals surface area contributed by atoms with Crippen LogP contribution in [0.1, 0.15) is 153 Å². The molecule has 0 aromatic heterocycles. The van der Waals surface area contributed by atoms with E-state index in [1.54, 1.807) is 0 Å². The summed E-state index contributed by atoms with van der Waals surface area (Å²) in [6.07, 6.45) is 15.9. The van der Waals surface area contributed by atoms with Crippen molar-refractivity contribution in [3.8, 4) is 23.0 Å². The fourth-order valence-electron chi connectivity index (χ4n) is 17.6. The highest BCUT2D eigenvalue weighted by Gasteiger charge is 2.82. The molecule has 4 aliphatic heterocycles. The van der Waals surface area contributed by atoms with E-state index in [2.05, 4.69) is 101 Å². The molecular formula is C63H91BrClN3O6. The number of fused-ring (bicyclic) bond motifs is 10. The molecule has 4 N–H and O–H groups in total. The summed E-state index contributed by atoms with van der Waals surface area (Å²) in [4.78, 5) is 7.93. The number of likely N-dealkylation sites (tertiary alicyclic amines) is 3. The smallest absolute Gasteiger partial charge is 0.165 e. The number of aliphatic hydroxyl groups is 1. The van der Waals surface area contributed by atoms with Crippen molar-refractivity contribution in [1.82, 2.24) is 14.7 Å². The van der Waals surface area contributed by atoms with Crippen LogP contribution in [0.4, 0.5) is 0 Å². The van der Waals surface area contributed by atoms with Crippen molar-refractivity contribution in [3.63, 3.8) is 0 Å². The second kappa shape index (κ2) is 19.5. The van der Waals surface area contributed by atoms with Crippen molar-refractivity contribution in [2.24, 2.45) is 34.5 Å². The van der Waals surface area contributed by atoms with Gasteiger partial charge in [0.1, 0.15) is 23.2 Å². The summed E-state index contributed by atoms with van der Waals surface area (Å²) >= 11 is 0. The van der Waals surface area contributed by atoms with Crippen LogP contribution in [0.3, 0.4) is 0 Å². The number of hydrogen-bond acceptors (Lipinski definition) is 9. The van der Waals surface area contributed by atoms with Crippen molar-refractivity contribution in [2.45, 2.75) is 185 Å². The summed E-state index contributed by atoms with van der Waals surface area (Å²) in [5.41, 5.74) is 8.32. The highest BCUT2D eigenvalue weighted by Crippen LogP contribution is 2.78. The maximum atomic E-state index is 12.2. The van der Waals surface area contributed by atoms with Gasteiger partial charge < -0.3 is 34.8 Å². The van der Waals surface area contributed by atoms with Crippen LogP contribution in [0.5, 0.6) is 23.0 Å². The molecule has 3 saturated heterocycles. The van der Waals surface area contributed by atoms with Gasteiger partial charge in [-0.2, -0.15) is 0 Å². The second-order valence-corrected chi connectivity index (χ2v) is 27.3. The fourth-order valence-corrected chi connectivity index (χ4v) is 17.6. The Kier molecular flexibility index (Phi) is 14.7. The van der Waals surface area contributed by atoms with Crippen LogP contribution in [-0.2, 0) is 40.2 Å². The number of hydrogen-bond donors (Lipinski definition) is 4. The van der Waals surface area contributed by atoms with Gasteiger partial charge in [0.05, 0.1) is 5.60 Å². The van der Waals surface area contributed by atoms with Crippen LogP contribution < -0.4 is 4.74 Å². The van der Waals surface area contributed by atoms with Gasteiger partial charge in [0.25, 0.3) is 0 Å². The van der Waals surface area contributed by atoms with Gasteiger partial charge in [-0.25, -0.2) is 0 Å². The molecule has 7 aliphatic carbocycles. The average molecular weight is 1100 g/mol. The first-order chi connectivity index (χ1) is 34.0. The Balaban J connectivity index is 0.000000145. The average Bonchev–Trinajstić information content (AvgIpc) is 4.09. The molecule has 7 fully saturated rings. The molecule has 0 radical (unpaired) electrons. The molecule has 9 nitrogen and oxygen atoms in total. The lowest BCUT2D eigenvalue weighted by Gasteiger charge is -2.75. The van der Waals surface area contributed by atoms with Crippen molar-refractivity contribution >= 4 is 29.4 Å². The number of rotatable bonds is 6. The Hall–Kier alpha value is -2.83. The summed E-state index contributed by atoms with van der Waals surface area (Å²) in [6, 6.07) is 17.0. The van der Waals surface area contributed by atoms with Crippen LogP contribution in [0, 0.1) is 34.5 Å². The molecule has 4 saturated carbocycles. The van der Waals surface area contributed by atoms with E-state index in [0.29, 0.717) is 35.3 Å². The van der Waals surface area contributed by atoms with E-state index in [4.69, 9.17) is 9.47 Å². The van der Waals surface area contributed by atoms with Crippen molar-refractivity contribution in [2.75, 3.05) is 53.4 Å². The van der Waals surface area contributed by atoms with Gasteiger partial charge in [0.2, 0.25) is 0 Å². The maximum absolute atomic E-state index is 12.2. The Morgan fingerprint density at radius 1 is 0.811 bits per heavy atom. The monoisotopic (exact) mass is 1100 g/mol. The molecule has 11 heteroatoms. The third kappa shape index (κ3) is 8.53. The number of nitrogens with zero attached hydrogens (tertiary/aromatic N) is 3. The molecule has 11 aliphatic rings. The molecule has 3 aromatic carbocycles. The Morgan fingerprint density at radius 2 is 1.47 bits per heavy atom. The molecule has 2 spiro atoms. The van der Waals surface area contributed by atoms with Crippen LogP contribution in [-0.4, -0.2) is 118 Å². The minimum Gasteiger partial charge on any atom is -0.508 e. The SMILES string of the molecule is Br.CC(C)=CCN1CC[C@@]2(C)c3cc(O)ccc3C[C@@H]1[C@@H]2C.CN1CC[C@]2(C)C[C@@H](Cc3ccc(O)cc32)C1.CO[C@@]12CC[C@@]3(C[C@@H]1[C@@](C)(O)C(C)(C)C)[C@H]1Cc4ccc(O)c5c4[C@@]3(CCN1CC1CC1)[C@H]2O5.Cl. The number of allylic oxidation sites excluding steroid dienone is 1. The normalized spacial score (nSPS) is 36.7. The van der Waals surface area contributed by atoms with Gasteiger partial charge >= 0.3 is 0 Å². The predicted molar refractivity (Wildman–Crippen MR) is 305 cm³/mol. The largest absolute Gasteiger partial charge is 0.508 e. The number of benzene rings is 3. The topological polar surface area (TPSA) is 109 Å². The number of piperidine rings is 2. The molecule has 8 bridgehead atoms. The summed E-state index contributed by atoms with van der Waals surface area (Å²) in [5.74, 6) is 4.04. The minimum absolute atomic E-state index is 0. The Labute approximate surface area is 461 Å². The molecule has 12 atom stereocenters. The third-order valence-electron chi connectivity index (χ3n) is 22.3. The third-order valence-corrected chi connectivity index (χ3v) is 22.3. The molecular weight excluding hydrogens is 1010 g/mol. The molecule has 0 unspecified atom stereocenters. The van der Waals surface area contributed by atoms with Gasteiger partial charge in [-0.3, -0.25) is 9.80 Å². The lowest BCUT2D eigenvalue weighted by atomic mass is 9.33. The highest BCUT2D eigenvalue weighted by atomic mass is 79.9. The van der Waals surface area contributed by atoms with E-state index in [1.807, 2.05) is 44.4 Å². The first kappa shape index (κ1) is 55.9. The van der Waals surface area contributed by atoms with Crippen molar-refractivity contribution in [1.29, 1.82) is 0 Å². The number of phenolic OH excluding ortho intramolecular Hbond substituents is 3. The standard InChI is InChI=1S/C29H41NO4.C19H27NO.C15H21NO.BrH.ClH/c1-25(2,3)26(4,32)20-15-27-10-11-29(20,33-5)24-28(27)12-13-30(16-17-6-7-17)21(27)14-18-8-9-19(31)23(34-24)22(18)28;1-13(2)7-9-20-10-8-19(4)14(3)18(20)11-15-5-6-16(21)12-17(15)19;1-15-5-6-16(2)10-11(9-15)7-12-3-4-13(17)8-14(12)15;;/h8-9,17,20-21,24,31-32H,6-7,10-16H2,1-5H3;5-7,12,14,18,21H,8-11H2,1-4H3;3-4,8,11,17H,5-7,9-10H2,1-2H3;2*1H/t20-,21-,24-,26-,27-,28+,29+;14-,18+,19+;11-,15-;;/m101../s1. The van der Waals surface area contributed by atoms with E-state index in [1.165, 1.54) is 97.1 Å². The number of halogens is 2. The second-order valence-electron chi connectivity index (χ2n) is 27.3. The number of methoxy groups -OCH3 is 1. The zero-order valence-electron chi connectivity index (χ0n) is 46.7. The quantitative estimate of drug-likeness (QED) is 0.180. The van der Waals surface area contributed by atoms with Gasteiger partial charge in [-0.15, -0.1) is 29.4 Å². The van der Waals surface area contributed by atoms with Crippen molar-refractivity contribution < 1.29 is 29.9 Å². The predicted octanol–water partition coefficient (Wildman–Crippen LogP) is 11.8. The summed E-state index contributed by atoms with van der Waals surface area (Å²) in [7, 11) is 4.06. The van der Waals surface area contributed by atoms with Crippen molar-refractivity contribution in [3.05, 3.63) is 93.6 Å². The summed E-state index contributed by atoms with van der Waals surface area (Å²) in [5, 5.41) is 42.7. The molecule has 74 heavy (non-hydrogen) atoms. The minimum atomic E-state index is -0.909. The van der Waals surface area contributed by atoms with Crippen LogP contribution in [0.2, 0.25) is 0 Å². The molecule has 14 rings (SSSR count). The zero-order chi connectivity index (χ0) is 51.1. The van der Waals surface area contributed by atoms with Gasteiger partial charge in [-0.1, -0.05) is 71.4 Å². The zero-order valence-corrected chi connectivity index (χ0v) is 49.3. The lowest BCUT2D eigenvalue weighted by molar-refractivity contribution is -0.312. The number of aromatic hydroxyl groups is 3. The summed E-state index contributed by atoms with van der Waals surface area (Å²) in [6.45, 7) is 26.9. The van der Waals surface area contributed by atoms with Crippen LogP contribution >= 0.6 is 29.4 Å². The summed E-state index contributed by atoms with van der Waals surface area (Å²) < 4.78 is 13.5. The molecule has 4 heterocycles. The van der Waals surface area contributed by atoms with Gasteiger partial charge in [0, 0.05) is 61.1 Å². The van der Waals surface area contributed by atoms with E-state index in [9.17, 15) is 20.4 Å². The van der Waals surface area contributed by atoms with E-state index in [0.717, 1.165) is 70.0 Å². The first-order valence-corrected chi connectivity index (χ1v) is 28.2. The lowest BCUT2D eigenvalue weighted by Crippen LogP contribution is -2.83. The highest BCUT2D eigenvalue weighted by molar-refractivity contribution is 8.93. The first-order valence-electron chi connectivity index (χ1n) is 28.2. The van der Waals surface area contributed by atoms with Crippen LogP contribution in [0.15, 0.2) is 60.2 Å². The van der Waals surface area contributed by atoms with Gasteiger partial charge in [-0.05, 0) is 217 Å². The Bertz CT molecular complexity index is 2630. The van der Waals surface area contributed by atoms with E-state index < -0.39 is 11.2 Å². The number of phenols is 3. The fraction of sp³-hybridized carbons (Fsp3) is 0.683. The molecule has 3 aromatic rings. The van der Waals surface area contributed by atoms with Crippen LogP contribution in [0.25, 0.3) is 0 Å².